The van der Waals surface area contributed by atoms with E-state index in [1.807, 2.05) is 60.7 Å². The van der Waals surface area contributed by atoms with Crippen LogP contribution in [0.3, 0.4) is 0 Å². The number of carbonyl (C=O) groups is 8. The largest absolute Gasteiger partial charge is 0.394 e. The van der Waals surface area contributed by atoms with Crippen molar-refractivity contribution in [2.45, 2.75) is 138 Å². The Balaban J connectivity index is 1.11. The Morgan fingerprint density at radius 1 is 0.386 bits per heavy atom. The third-order valence-corrected chi connectivity index (χ3v) is 16.1. The lowest BCUT2D eigenvalue weighted by molar-refractivity contribution is -0.140. The normalized spacial score (nSPS) is 32.5. The molecule has 5 aliphatic rings. The van der Waals surface area contributed by atoms with Crippen molar-refractivity contribution in [1.82, 2.24) is 40.9 Å². The van der Waals surface area contributed by atoms with Crippen LogP contribution in [0.15, 0.2) is 60.7 Å². The van der Waals surface area contributed by atoms with E-state index in [-0.39, 0.29) is 60.6 Å². The smallest absolute Gasteiger partial charge is 0.247 e. The molecule has 0 spiro atoms. The molecule has 7 rings (SSSR count). The number of aliphatic hydroxyl groups is 2. The van der Waals surface area contributed by atoms with E-state index in [0.717, 1.165) is 11.1 Å². The van der Waals surface area contributed by atoms with Crippen LogP contribution in [-0.4, -0.2) is 167 Å². The monoisotopic (exact) mass is 969 g/mol. The molecule has 0 unspecified atom stereocenters. The minimum absolute atomic E-state index is 0.224. The van der Waals surface area contributed by atoms with E-state index in [1.54, 1.807) is 38.0 Å². The Morgan fingerprint density at radius 2 is 0.629 bits per heavy atom. The Kier molecular flexibility index (Phi) is 17.3. The van der Waals surface area contributed by atoms with Gasteiger partial charge in [-0.1, -0.05) is 60.7 Å². The predicted molar refractivity (Wildman–Crippen MR) is 258 cm³/mol. The number of rotatable bonds is 6. The topological polar surface area (TPSA) is 238 Å². The van der Waals surface area contributed by atoms with Crippen LogP contribution in [0.25, 0.3) is 0 Å². The van der Waals surface area contributed by atoms with Crippen LogP contribution in [0.2, 0.25) is 0 Å². The molecule has 2 aromatic rings. The molecule has 1 saturated heterocycles. The Hall–Kier alpha value is -5.88. The summed E-state index contributed by atoms with van der Waals surface area (Å²) in [6.45, 7) is -1.27. The molecular weight excluding hydrogens is 897 g/mol. The van der Waals surface area contributed by atoms with E-state index in [9.17, 15) is 48.6 Å². The van der Waals surface area contributed by atoms with Crippen LogP contribution in [0.1, 0.15) is 88.2 Å². The van der Waals surface area contributed by atoms with Crippen molar-refractivity contribution in [3.05, 3.63) is 71.8 Å². The third kappa shape index (κ3) is 12.2. The minimum Gasteiger partial charge on any atom is -0.394 e. The molecule has 1 aliphatic heterocycles. The molecule has 4 saturated carbocycles. The lowest BCUT2D eigenvalue weighted by atomic mass is 10.0. The van der Waals surface area contributed by atoms with Gasteiger partial charge in [0.05, 0.1) is 13.2 Å². The molecule has 8 bridgehead atoms. The molecule has 6 N–H and O–H groups in total. The zero-order chi connectivity index (χ0) is 50.2. The fraction of sp³-hybridized carbons (Fsp3) is 0.615. The number of aliphatic hydroxyl groups excluding tert-OH is 2. The lowest BCUT2D eigenvalue weighted by Crippen LogP contribution is -2.54. The SMILES string of the molecule is CN1C(=O)[C@H](Cc2ccccc2)NC(=O)[C@@H]2CC[C@@H](C2)N(C)C(=O)[C@@H](CO)NC(=O)[C@@H]2CC[C@@H](C2)N(C)C(=O)[C@@H](Cc2ccccc2)NC(=O)[C@@H]2CC[C@@H](C2)N(C)C(=O)[C@@H](CO)NC(=O)[C@@H]2CC[C@H]1C2. The van der Waals surface area contributed by atoms with E-state index in [1.165, 1.54) is 9.80 Å². The van der Waals surface area contributed by atoms with Crippen molar-refractivity contribution in [3.63, 3.8) is 0 Å². The second kappa shape index (κ2) is 23.4. The quantitative estimate of drug-likeness (QED) is 0.240. The predicted octanol–water partition coefficient (Wildman–Crippen LogP) is 0.918. The highest BCUT2D eigenvalue weighted by Crippen LogP contribution is 2.34. The van der Waals surface area contributed by atoms with E-state index < -0.39 is 84.7 Å². The summed E-state index contributed by atoms with van der Waals surface area (Å²) in [4.78, 5) is 118. The van der Waals surface area contributed by atoms with Crippen molar-refractivity contribution < 1.29 is 48.6 Å². The Labute approximate surface area is 410 Å². The van der Waals surface area contributed by atoms with Crippen LogP contribution in [0.5, 0.6) is 0 Å². The molecule has 5 fully saturated rings. The van der Waals surface area contributed by atoms with Crippen LogP contribution < -0.4 is 21.3 Å². The van der Waals surface area contributed by atoms with Crippen molar-refractivity contribution in [2.75, 3.05) is 41.4 Å². The second-order valence-electron chi connectivity index (χ2n) is 20.4. The summed E-state index contributed by atoms with van der Waals surface area (Å²) in [6, 6.07) is 13.0. The number of hydrogen-bond donors (Lipinski definition) is 6. The zero-order valence-corrected chi connectivity index (χ0v) is 41.0. The molecule has 8 amide bonds. The fourth-order valence-corrected chi connectivity index (χ4v) is 11.5. The first-order valence-electron chi connectivity index (χ1n) is 25.1. The van der Waals surface area contributed by atoms with Gasteiger partial charge in [-0.25, -0.2) is 0 Å². The molecule has 380 valence electrons. The molecule has 0 radical (unpaired) electrons. The average molecular weight is 969 g/mol. The molecule has 0 aromatic heterocycles. The van der Waals surface area contributed by atoms with Gasteiger partial charge in [0.1, 0.15) is 24.2 Å². The summed E-state index contributed by atoms with van der Waals surface area (Å²) in [5, 5.41) is 32.4. The van der Waals surface area contributed by atoms with Gasteiger partial charge >= 0.3 is 0 Å². The molecule has 2 aromatic carbocycles. The maximum atomic E-state index is 14.3. The fourth-order valence-electron chi connectivity index (χ4n) is 11.5. The molecule has 1 heterocycles. The number of carbonyl (C=O) groups excluding carboxylic acids is 8. The van der Waals surface area contributed by atoms with Gasteiger partial charge in [0.25, 0.3) is 0 Å². The molecule has 4 aliphatic carbocycles. The summed E-state index contributed by atoms with van der Waals surface area (Å²) < 4.78 is 0. The van der Waals surface area contributed by atoms with Crippen LogP contribution in [0, 0.1) is 23.7 Å². The summed E-state index contributed by atoms with van der Waals surface area (Å²) in [6.07, 6.45) is 5.46. The van der Waals surface area contributed by atoms with Crippen molar-refractivity contribution in [1.29, 1.82) is 0 Å². The number of hydrogen-bond acceptors (Lipinski definition) is 10. The maximum absolute atomic E-state index is 14.3. The van der Waals surface area contributed by atoms with Gasteiger partial charge in [-0.15, -0.1) is 0 Å². The molecule has 70 heavy (non-hydrogen) atoms. The summed E-state index contributed by atoms with van der Waals surface area (Å²) in [5.41, 5.74) is 1.69. The number of amides is 8. The van der Waals surface area contributed by atoms with Gasteiger partial charge in [-0.05, 0) is 88.2 Å². The van der Waals surface area contributed by atoms with Crippen LogP contribution in [-0.2, 0) is 51.2 Å². The van der Waals surface area contributed by atoms with Gasteiger partial charge in [-0.3, -0.25) is 38.4 Å². The highest BCUT2D eigenvalue weighted by Gasteiger charge is 2.43. The van der Waals surface area contributed by atoms with Gasteiger partial charge in [0.15, 0.2) is 0 Å². The highest BCUT2D eigenvalue weighted by molar-refractivity contribution is 5.92. The van der Waals surface area contributed by atoms with Crippen molar-refractivity contribution in [2.24, 2.45) is 23.7 Å². The Morgan fingerprint density at radius 3 is 0.886 bits per heavy atom. The number of nitrogens with one attached hydrogen (secondary N) is 4. The van der Waals surface area contributed by atoms with E-state index in [2.05, 4.69) is 21.3 Å². The minimum atomic E-state index is -1.22. The first-order valence-corrected chi connectivity index (χ1v) is 25.1. The molecule has 18 nitrogen and oxygen atoms in total. The van der Waals surface area contributed by atoms with Crippen LogP contribution in [0.4, 0.5) is 0 Å². The molecule has 12 atom stereocenters. The third-order valence-electron chi connectivity index (χ3n) is 16.1. The van der Waals surface area contributed by atoms with Crippen LogP contribution >= 0.6 is 0 Å². The molecule has 18 heteroatoms. The van der Waals surface area contributed by atoms with Crippen molar-refractivity contribution in [3.8, 4) is 0 Å². The van der Waals surface area contributed by atoms with Gasteiger partial charge < -0.3 is 51.1 Å². The van der Waals surface area contributed by atoms with Gasteiger partial charge in [0.2, 0.25) is 47.3 Å². The lowest BCUT2D eigenvalue weighted by Gasteiger charge is -2.31. The van der Waals surface area contributed by atoms with Crippen molar-refractivity contribution >= 4 is 47.3 Å². The van der Waals surface area contributed by atoms with Gasteiger partial charge in [0, 0.05) is 88.9 Å². The standard InChI is InChI=1S/C52H72N8O10/c1-57-37-19-17-35(27-37)47(65)55-43(29-61)51(69)60(4)40-22-16-34(26-40)46(64)54-42(24-32-13-9-6-10-14-32)50(68)58(2)38-20-18-36(28-38)48(66)56-44(30-62)52(70)59(3)39-21-15-33(25-39)45(63)53-41(49(57)67)23-31-11-7-5-8-12-31/h5-14,33-44,61-62H,15-30H2,1-4H3,(H,53,63)(H,54,64)(H,55,65)(H,56,66)/t33-,34-,35-,36-,37+,38+,39+,40+,41-,42+,43-,44-/m1/s1. The second-order valence-corrected chi connectivity index (χ2v) is 20.4. The van der Waals surface area contributed by atoms with E-state index in [0.29, 0.717) is 77.0 Å². The first kappa shape index (κ1) is 52.0. The maximum Gasteiger partial charge on any atom is 0.247 e. The Bertz CT molecular complexity index is 2060. The molecular formula is C52H72N8O10. The van der Waals surface area contributed by atoms with Gasteiger partial charge in [-0.2, -0.15) is 0 Å². The number of likely N-dealkylation sites (N-methyl/N-ethyl adjacent to an activating group) is 4. The highest BCUT2D eigenvalue weighted by atomic mass is 16.3. The summed E-state index contributed by atoms with van der Waals surface area (Å²) in [7, 11) is 6.53. The summed E-state index contributed by atoms with van der Waals surface area (Å²) in [5.74, 6) is -5.19. The number of nitrogens with zero attached hydrogens (tertiary/aromatic N) is 4. The number of fused-ring (bicyclic) bond motifs is 8. The first-order chi connectivity index (χ1) is 33.6. The van der Waals surface area contributed by atoms with E-state index >= 15 is 0 Å². The summed E-state index contributed by atoms with van der Waals surface area (Å²) >= 11 is 0. The van der Waals surface area contributed by atoms with E-state index in [4.69, 9.17) is 0 Å². The number of benzene rings is 2. The zero-order valence-electron chi connectivity index (χ0n) is 41.0. The average Bonchev–Trinajstić information content (AvgIpc) is 4.23.